The Labute approximate surface area is 127 Å². The normalized spacial score (nSPS) is 11.4. The molecular formula is C17H26O4. The van der Waals surface area contributed by atoms with Gasteiger partial charge in [-0.2, -0.15) is 0 Å². The highest BCUT2D eigenvalue weighted by Gasteiger charge is 2.49. The highest BCUT2D eigenvalue weighted by atomic mass is 16.6. The van der Waals surface area contributed by atoms with Crippen molar-refractivity contribution in [1.82, 2.24) is 0 Å². The first-order valence-electron chi connectivity index (χ1n) is 7.11. The van der Waals surface area contributed by atoms with Crippen molar-refractivity contribution in [2.24, 2.45) is 10.8 Å². The lowest BCUT2D eigenvalue weighted by molar-refractivity contribution is -0.171. The maximum atomic E-state index is 12.4. The Hall–Kier alpha value is -1.76. The Bertz CT molecular complexity index is 417. The van der Waals surface area contributed by atoms with Crippen LogP contribution in [0.2, 0.25) is 0 Å². The molecule has 0 amide bonds. The molecule has 4 nitrogen and oxygen atoms in total. The van der Waals surface area contributed by atoms with Crippen LogP contribution < -0.4 is 0 Å². The summed E-state index contributed by atoms with van der Waals surface area (Å²) in [6.45, 7) is 13.6. The van der Waals surface area contributed by atoms with Crippen molar-refractivity contribution in [3.8, 4) is 12.3 Å². The van der Waals surface area contributed by atoms with E-state index < -0.39 is 17.4 Å². The second-order valence-corrected chi connectivity index (χ2v) is 5.93. The number of allylic oxidation sites excluding steroid dienone is 1. The lowest BCUT2D eigenvalue weighted by Gasteiger charge is -2.32. The Kier molecular flexibility index (Phi) is 7.21. The van der Waals surface area contributed by atoms with Crippen LogP contribution in [0, 0.1) is 23.2 Å². The molecule has 0 aromatic heterocycles. The van der Waals surface area contributed by atoms with Gasteiger partial charge in [0, 0.05) is 6.42 Å². The van der Waals surface area contributed by atoms with Crippen LogP contribution in [0.3, 0.4) is 0 Å². The SMILES string of the molecule is C#CCC(CC(=C)C(C)(C)C)(C(=O)OCC)C(=O)OCC. The summed E-state index contributed by atoms with van der Waals surface area (Å²) in [5.41, 5.74) is -1.01. The van der Waals surface area contributed by atoms with Gasteiger partial charge in [-0.25, -0.2) is 0 Å². The van der Waals surface area contributed by atoms with Gasteiger partial charge in [0.25, 0.3) is 0 Å². The van der Waals surface area contributed by atoms with E-state index in [2.05, 4.69) is 12.5 Å². The van der Waals surface area contributed by atoms with Crippen LogP contribution in [0.4, 0.5) is 0 Å². The molecule has 0 atom stereocenters. The van der Waals surface area contributed by atoms with E-state index in [0.29, 0.717) is 0 Å². The van der Waals surface area contributed by atoms with E-state index in [0.717, 1.165) is 5.57 Å². The van der Waals surface area contributed by atoms with Gasteiger partial charge < -0.3 is 9.47 Å². The maximum Gasteiger partial charge on any atom is 0.324 e. The molecule has 0 saturated heterocycles. The maximum absolute atomic E-state index is 12.4. The van der Waals surface area contributed by atoms with Gasteiger partial charge in [-0.1, -0.05) is 32.9 Å². The van der Waals surface area contributed by atoms with Crippen molar-refractivity contribution in [3.63, 3.8) is 0 Å². The van der Waals surface area contributed by atoms with Crippen molar-refractivity contribution >= 4 is 11.9 Å². The minimum Gasteiger partial charge on any atom is -0.465 e. The largest absolute Gasteiger partial charge is 0.465 e. The van der Waals surface area contributed by atoms with Gasteiger partial charge in [0.05, 0.1) is 13.2 Å². The van der Waals surface area contributed by atoms with Crippen LogP contribution in [0.15, 0.2) is 12.2 Å². The molecule has 0 spiro atoms. The summed E-state index contributed by atoms with van der Waals surface area (Å²) in [7, 11) is 0. The Morgan fingerprint density at radius 2 is 1.52 bits per heavy atom. The van der Waals surface area contributed by atoms with Gasteiger partial charge in [0.15, 0.2) is 5.41 Å². The fourth-order valence-corrected chi connectivity index (χ4v) is 1.78. The van der Waals surface area contributed by atoms with Crippen LogP contribution in [0.1, 0.15) is 47.5 Å². The van der Waals surface area contributed by atoms with E-state index in [1.807, 2.05) is 20.8 Å². The molecule has 0 aliphatic heterocycles. The lowest BCUT2D eigenvalue weighted by atomic mass is 9.73. The minimum atomic E-state index is -1.51. The molecule has 118 valence electrons. The monoisotopic (exact) mass is 294 g/mol. The number of carbonyl (C=O) groups excluding carboxylic acids is 2. The number of hydrogen-bond donors (Lipinski definition) is 0. The van der Waals surface area contributed by atoms with Gasteiger partial charge in [-0.15, -0.1) is 12.3 Å². The molecule has 0 heterocycles. The molecule has 0 unspecified atom stereocenters. The average Bonchev–Trinajstić information content (AvgIpc) is 2.37. The van der Waals surface area contributed by atoms with Gasteiger partial charge in [-0.05, 0) is 25.7 Å². The van der Waals surface area contributed by atoms with E-state index in [1.54, 1.807) is 13.8 Å². The van der Waals surface area contributed by atoms with E-state index in [1.165, 1.54) is 0 Å². The molecule has 0 aromatic carbocycles. The standard InChI is InChI=1S/C17H26O4/c1-8-11-17(14(18)20-9-2,15(19)21-10-3)12-13(4)16(5,6)7/h1H,4,9-12H2,2-3,5-7H3. The first-order chi connectivity index (χ1) is 9.65. The molecule has 0 aromatic rings. The zero-order valence-corrected chi connectivity index (χ0v) is 13.7. The fraction of sp³-hybridized carbons (Fsp3) is 0.647. The molecule has 0 saturated carbocycles. The lowest BCUT2D eigenvalue weighted by Crippen LogP contribution is -2.43. The van der Waals surface area contributed by atoms with Gasteiger partial charge >= 0.3 is 11.9 Å². The van der Waals surface area contributed by atoms with Crippen LogP contribution in [-0.4, -0.2) is 25.2 Å². The summed E-state index contributed by atoms with van der Waals surface area (Å²) in [6.07, 6.45) is 5.43. The van der Waals surface area contributed by atoms with Crippen molar-refractivity contribution in [2.45, 2.75) is 47.5 Å². The molecule has 21 heavy (non-hydrogen) atoms. The predicted octanol–water partition coefficient (Wildman–Crippen LogP) is 3.11. The number of rotatable bonds is 7. The van der Waals surface area contributed by atoms with Crippen LogP contribution in [-0.2, 0) is 19.1 Å². The van der Waals surface area contributed by atoms with Crippen molar-refractivity contribution in [1.29, 1.82) is 0 Å². The molecule has 0 N–H and O–H groups in total. The van der Waals surface area contributed by atoms with Gasteiger partial charge in [0.2, 0.25) is 0 Å². The Balaban J connectivity index is 5.69. The van der Waals surface area contributed by atoms with Crippen LogP contribution in [0.5, 0.6) is 0 Å². The fourth-order valence-electron chi connectivity index (χ4n) is 1.78. The summed E-state index contributed by atoms with van der Waals surface area (Å²) in [5.74, 6) is 1.11. The highest BCUT2D eigenvalue weighted by Crippen LogP contribution is 2.39. The number of ether oxygens (including phenoxy) is 2. The third-order valence-electron chi connectivity index (χ3n) is 3.31. The molecule has 0 fully saturated rings. The van der Waals surface area contributed by atoms with Crippen LogP contribution >= 0.6 is 0 Å². The second kappa shape index (κ2) is 7.87. The molecular weight excluding hydrogens is 268 g/mol. The number of terminal acetylenes is 1. The summed E-state index contributed by atoms with van der Waals surface area (Å²) < 4.78 is 10.1. The van der Waals surface area contributed by atoms with Crippen molar-refractivity contribution in [2.75, 3.05) is 13.2 Å². The average molecular weight is 294 g/mol. The first kappa shape index (κ1) is 19.2. The molecule has 0 aliphatic carbocycles. The highest BCUT2D eigenvalue weighted by molar-refractivity contribution is 6.00. The minimum absolute atomic E-state index is 0.0697. The summed E-state index contributed by atoms with van der Waals surface area (Å²) in [4.78, 5) is 24.7. The molecule has 0 aliphatic rings. The van der Waals surface area contributed by atoms with E-state index in [9.17, 15) is 9.59 Å². The zero-order valence-electron chi connectivity index (χ0n) is 13.7. The first-order valence-corrected chi connectivity index (χ1v) is 7.11. The molecule has 0 rings (SSSR count). The summed E-state index contributed by atoms with van der Waals surface area (Å²) >= 11 is 0. The third kappa shape index (κ3) is 4.93. The zero-order chi connectivity index (χ0) is 16.7. The van der Waals surface area contributed by atoms with Gasteiger partial charge in [0.1, 0.15) is 0 Å². The van der Waals surface area contributed by atoms with E-state index in [4.69, 9.17) is 15.9 Å². The van der Waals surface area contributed by atoms with E-state index in [-0.39, 0.29) is 31.5 Å². The molecule has 0 bridgehead atoms. The number of hydrogen-bond acceptors (Lipinski definition) is 4. The molecule has 0 radical (unpaired) electrons. The summed E-state index contributed by atoms with van der Waals surface area (Å²) in [5, 5.41) is 0. The third-order valence-corrected chi connectivity index (χ3v) is 3.31. The molecule has 4 heteroatoms. The van der Waals surface area contributed by atoms with E-state index >= 15 is 0 Å². The number of esters is 2. The van der Waals surface area contributed by atoms with Crippen molar-refractivity contribution in [3.05, 3.63) is 12.2 Å². The Morgan fingerprint density at radius 3 is 1.81 bits per heavy atom. The number of carbonyl (C=O) groups is 2. The summed E-state index contributed by atoms with van der Waals surface area (Å²) in [6, 6.07) is 0. The van der Waals surface area contributed by atoms with Crippen LogP contribution in [0.25, 0.3) is 0 Å². The Morgan fingerprint density at radius 1 is 1.10 bits per heavy atom. The quantitative estimate of drug-likeness (QED) is 0.313. The van der Waals surface area contributed by atoms with Crippen molar-refractivity contribution < 1.29 is 19.1 Å². The van der Waals surface area contributed by atoms with Gasteiger partial charge in [-0.3, -0.25) is 9.59 Å². The second-order valence-electron chi connectivity index (χ2n) is 5.93. The predicted molar refractivity (Wildman–Crippen MR) is 82.4 cm³/mol. The topological polar surface area (TPSA) is 52.6 Å². The smallest absolute Gasteiger partial charge is 0.324 e.